The highest BCUT2D eigenvalue weighted by Crippen LogP contribution is 2.64. The van der Waals surface area contributed by atoms with Crippen LogP contribution in [-0.2, 0) is 21.1 Å². The summed E-state index contributed by atoms with van der Waals surface area (Å²) >= 11 is 3.38. The normalized spacial score (nSPS) is 23.4. The Morgan fingerprint density at radius 3 is 2.15 bits per heavy atom. The minimum absolute atomic E-state index is 0.0553. The van der Waals surface area contributed by atoms with E-state index in [-0.39, 0.29) is 22.0 Å². The first-order valence-electron chi connectivity index (χ1n) is 14.1. The highest BCUT2D eigenvalue weighted by Gasteiger charge is 2.60. The van der Waals surface area contributed by atoms with Crippen LogP contribution in [0.1, 0.15) is 68.9 Å². The molecule has 2 atom stereocenters. The molecule has 0 unspecified atom stereocenters. The van der Waals surface area contributed by atoms with Crippen molar-refractivity contribution in [1.29, 1.82) is 0 Å². The van der Waals surface area contributed by atoms with Gasteiger partial charge >= 0.3 is 10.1 Å². The van der Waals surface area contributed by atoms with Crippen molar-refractivity contribution in [2.45, 2.75) is 73.7 Å². The molecule has 0 radical (unpaired) electrons. The molecule has 3 aromatic rings. The fourth-order valence-corrected chi connectivity index (χ4v) is 8.70. The third kappa shape index (κ3) is 4.57. The maximum absolute atomic E-state index is 13.5. The minimum atomic E-state index is -4.11. The van der Waals surface area contributed by atoms with Crippen molar-refractivity contribution < 1.29 is 26.8 Å². The number of hydrogen-bond acceptors (Lipinski definition) is 6. The fourth-order valence-electron chi connectivity index (χ4n) is 7.49. The van der Waals surface area contributed by atoms with Crippen molar-refractivity contribution in [3.8, 4) is 23.0 Å². The number of benzene rings is 3. The summed E-state index contributed by atoms with van der Waals surface area (Å²) in [5.41, 5.74) is 1.22. The summed E-state index contributed by atoms with van der Waals surface area (Å²) in [5.74, 6) is 2.54. The molecule has 3 aliphatic rings. The van der Waals surface area contributed by atoms with Crippen LogP contribution in [0, 0.1) is 5.92 Å². The summed E-state index contributed by atoms with van der Waals surface area (Å²) in [6.45, 7) is 0. The third-order valence-electron chi connectivity index (χ3n) is 9.23. The van der Waals surface area contributed by atoms with Gasteiger partial charge < -0.3 is 18.4 Å². The summed E-state index contributed by atoms with van der Waals surface area (Å²) in [6, 6.07) is 18.2. The molecule has 0 bridgehead atoms. The van der Waals surface area contributed by atoms with E-state index in [4.69, 9.17) is 18.4 Å². The standard InChI is InChI=1S/C32H35BrO6S/c1-36-23-11-15-26-28(20-23)38-32(19-7-4-8-30(32)31(26)17-5-3-6-18-31)27-16-12-24(37-2)21-29(27)39-40(34,35)25-13-9-22(33)10-14-25/h9-16,20-21,30H,3-8,17-19H2,1-2H3/t30-,32-/m0/s1. The van der Waals surface area contributed by atoms with Gasteiger partial charge in [-0.15, -0.1) is 0 Å². The maximum Gasteiger partial charge on any atom is 0.339 e. The number of rotatable bonds is 6. The number of hydrogen-bond donors (Lipinski definition) is 0. The molecule has 212 valence electrons. The molecule has 1 spiro atoms. The number of methoxy groups -OCH3 is 2. The zero-order chi connectivity index (χ0) is 28.0. The van der Waals surface area contributed by atoms with E-state index in [0.717, 1.165) is 60.1 Å². The average Bonchev–Trinajstić information content (AvgIpc) is 2.97. The van der Waals surface area contributed by atoms with Crippen molar-refractivity contribution >= 4 is 26.0 Å². The van der Waals surface area contributed by atoms with E-state index in [1.165, 1.54) is 37.0 Å². The molecule has 0 saturated heterocycles. The lowest BCUT2D eigenvalue weighted by molar-refractivity contribution is -0.0956. The second-order valence-corrected chi connectivity index (χ2v) is 13.7. The predicted octanol–water partition coefficient (Wildman–Crippen LogP) is 7.91. The Morgan fingerprint density at radius 1 is 0.800 bits per heavy atom. The molecule has 2 aliphatic carbocycles. The lowest BCUT2D eigenvalue weighted by Crippen LogP contribution is -2.57. The summed E-state index contributed by atoms with van der Waals surface area (Å²) < 4.78 is 52.1. The van der Waals surface area contributed by atoms with Crippen LogP contribution < -0.4 is 18.4 Å². The van der Waals surface area contributed by atoms with E-state index in [2.05, 4.69) is 22.0 Å². The van der Waals surface area contributed by atoms with Crippen LogP contribution in [0.2, 0.25) is 0 Å². The van der Waals surface area contributed by atoms with E-state index in [1.807, 2.05) is 24.3 Å². The second-order valence-electron chi connectivity index (χ2n) is 11.2. The molecule has 6 rings (SSSR count). The Balaban J connectivity index is 1.54. The van der Waals surface area contributed by atoms with Crippen molar-refractivity contribution in [2.75, 3.05) is 14.2 Å². The third-order valence-corrected chi connectivity index (χ3v) is 11.0. The first kappa shape index (κ1) is 27.5. The van der Waals surface area contributed by atoms with Crippen LogP contribution in [0.25, 0.3) is 0 Å². The van der Waals surface area contributed by atoms with Gasteiger partial charge in [0, 0.05) is 39.1 Å². The molecular weight excluding hydrogens is 592 g/mol. The van der Waals surface area contributed by atoms with Gasteiger partial charge in [0.2, 0.25) is 0 Å². The van der Waals surface area contributed by atoms with Gasteiger partial charge in [0.25, 0.3) is 0 Å². The first-order valence-corrected chi connectivity index (χ1v) is 16.3. The fraction of sp³-hybridized carbons (Fsp3) is 0.438. The van der Waals surface area contributed by atoms with Crippen molar-refractivity contribution in [3.63, 3.8) is 0 Å². The van der Waals surface area contributed by atoms with Gasteiger partial charge in [-0.3, -0.25) is 0 Å². The van der Waals surface area contributed by atoms with E-state index < -0.39 is 15.7 Å². The van der Waals surface area contributed by atoms with Crippen molar-refractivity contribution in [1.82, 2.24) is 0 Å². The van der Waals surface area contributed by atoms with Gasteiger partial charge in [0.05, 0.1) is 14.2 Å². The molecule has 8 heteroatoms. The summed E-state index contributed by atoms with van der Waals surface area (Å²) in [4.78, 5) is 0.0885. The molecule has 6 nitrogen and oxygen atoms in total. The van der Waals surface area contributed by atoms with Crippen molar-refractivity contribution in [3.05, 3.63) is 76.3 Å². The molecule has 3 aromatic carbocycles. The Hall–Kier alpha value is -2.71. The lowest BCUT2D eigenvalue weighted by atomic mass is 9.51. The van der Waals surface area contributed by atoms with Gasteiger partial charge in [-0.1, -0.05) is 47.7 Å². The predicted molar refractivity (Wildman–Crippen MR) is 157 cm³/mol. The van der Waals surface area contributed by atoms with E-state index in [0.29, 0.717) is 5.75 Å². The summed E-state index contributed by atoms with van der Waals surface area (Å²) in [6.07, 6.45) is 9.63. The molecule has 0 aromatic heterocycles. The van der Waals surface area contributed by atoms with Gasteiger partial charge in [-0.2, -0.15) is 8.42 Å². The van der Waals surface area contributed by atoms with Crippen LogP contribution in [0.5, 0.6) is 23.0 Å². The lowest BCUT2D eigenvalue weighted by Gasteiger charge is -2.58. The molecule has 40 heavy (non-hydrogen) atoms. The molecule has 0 amide bonds. The van der Waals surface area contributed by atoms with Crippen LogP contribution in [0.4, 0.5) is 0 Å². The molecular formula is C32H35BrO6S. The van der Waals surface area contributed by atoms with Gasteiger partial charge in [-0.05, 0) is 74.6 Å². The number of fused-ring (bicyclic) bond motifs is 4. The van der Waals surface area contributed by atoms with Crippen molar-refractivity contribution in [2.24, 2.45) is 5.92 Å². The average molecular weight is 628 g/mol. The maximum atomic E-state index is 13.5. The van der Waals surface area contributed by atoms with Crippen LogP contribution in [0.3, 0.4) is 0 Å². The monoisotopic (exact) mass is 626 g/mol. The zero-order valence-corrected chi connectivity index (χ0v) is 25.4. The smallest absolute Gasteiger partial charge is 0.339 e. The number of ether oxygens (including phenoxy) is 3. The minimum Gasteiger partial charge on any atom is -0.497 e. The first-order chi connectivity index (χ1) is 19.3. The SMILES string of the molecule is COc1ccc2c(c1)O[C@]1(c3ccc(OC)cc3OS(=O)(=O)c3ccc(Br)cc3)CCCC[C@H]1C21CCCCC1. The van der Waals surface area contributed by atoms with Gasteiger partial charge in [0.15, 0.2) is 5.75 Å². The Labute approximate surface area is 245 Å². The van der Waals surface area contributed by atoms with E-state index in [9.17, 15) is 8.42 Å². The zero-order valence-electron chi connectivity index (χ0n) is 23.0. The molecule has 2 saturated carbocycles. The van der Waals surface area contributed by atoms with Gasteiger partial charge in [-0.25, -0.2) is 0 Å². The highest BCUT2D eigenvalue weighted by atomic mass is 79.9. The van der Waals surface area contributed by atoms with Crippen LogP contribution >= 0.6 is 15.9 Å². The molecule has 1 heterocycles. The van der Waals surface area contributed by atoms with Crippen LogP contribution in [-0.4, -0.2) is 22.6 Å². The topological polar surface area (TPSA) is 71.1 Å². The molecule has 1 aliphatic heterocycles. The Morgan fingerprint density at radius 2 is 1.45 bits per heavy atom. The summed E-state index contributed by atoms with van der Waals surface area (Å²) in [5, 5.41) is 0. The molecule has 0 N–H and O–H groups in total. The summed E-state index contributed by atoms with van der Waals surface area (Å²) in [7, 11) is -0.875. The van der Waals surface area contributed by atoms with E-state index in [1.54, 1.807) is 32.4 Å². The number of halogens is 1. The second kappa shape index (κ2) is 10.6. The van der Waals surface area contributed by atoms with E-state index >= 15 is 0 Å². The molecule has 2 fully saturated rings. The largest absolute Gasteiger partial charge is 0.497 e. The van der Waals surface area contributed by atoms with Gasteiger partial charge in [0.1, 0.15) is 27.7 Å². The van der Waals surface area contributed by atoms with Crippen LogP contribution in [0.15, 0.2) is 70.0 Å². The Bertz CT molecular complexity index is 1500. The Kier molecular flexibility index (Phi) is 7.28. The highest BCUT2D eigenvalue weighted by molar-refractivity contribution is 9.10. The quantitative estimate of drug-likeness (QED) is 0.259.